The highest BCUT2D eigenvalue weighted by Crippen LogP contribution is 2.45. The quantitative estimate of drug-likeness (QED) is 0.0222. The van der Waals surface area contributed by atoms with Crippen LogP contribution in [0, 0.1) is 23.7 Å². The molecule has 19 heteroatoms. The molecule has 17 nitrogen and oxygen atoms in total. The normalized spacial score (nSPS) is 15.0. The molecular weight excluding hydrogens is 1150 g/mol. The van der Waals surface area contributed by atoms with Crippen LogP contribution in [0.1, 0.15) is 331 Å². The first-order valence-electron chi connectivity index (χ1n) is 35.3. The SMILES string of the molecule is CCC(C)CCCCCCCCCCCCC(=O)OC[C@H](COP(=O)(O)OCC(O)COP(=O)(O)OC[C@@H](COC(=O)CCCCCCCCCCC(C)C)OC(=O)CCCCCCCCCCC(C)CC)OC(=O)CCCCCCCCCC(C)C. The number of hydrogen-bond acceptors (Lipinski definition) is 15. The number of hydrogen-bond donors (Lipinski definition) is 3. The maximum atomic E-state index is 13.0. The lowest BCUT2D eigenvalue weighted by molar-refractivity contribution is -0.161. The number of esters is 4. The van der Waals surface area contributed by atoms with E-state index < -0.39 is 97.5 Å². The average molecular weight is 1280 g/mol. The molecule has 0 saturated carbocycles. The molecule has 0 amide bonds. The number of ether oxygens (including phenoxy) is 4. The Morgan fingerprint density at radius 2 is 0.552 bits per heavy atom. The lowest BCUT2D eigenvalue weighted by Gasteiger charge is -2.21. The van der Waals surface area contributed by atoms with Crippen LogP contribution in [-0.2, 0) is 65.4 Å². The number of unbranched alkanes of at least 4 members (excludes halogenated alkanes) is 29. The summed E-state index contributed by atoms with van der Waals surface area (Å²) in [7, 11) is -9.90. The van der Waals surface area contributed by atoms with Crippen LogP contribution in [0.4, 0.5) is 0 Å². The monoisotopic (exact) mass is 1280 g/mol. The van der Waals surface area contributed by atoms with Gasteiger partial charge in [-0.25, -0.2) is 9.13 Å². The van der Waals surface area contributed by atoms with Gasteiger partial charge in [0.1, 0.15) is 19.3 Å². The Morgan fingerprint density at radius 1 is 0.322 bits per heavy atom. The van der Waals surface area contributed by atoms with Crippen molar-refractivity contribution in [1.82, 2.24) is 0 Å². The van der Waals surface area contributed by atoms with Crippen molar-refractivity contribution in [2.75, 3.05) is 39.6 Å². The van der Waals surface area contributed by atoms with Crippen LogP contribution in [0.5, 0.6) is 0 Å². The van der Waals surface area contributed by atoms with Gasteiger partial charge in [0, 0.05) is 25.7 Å². The predicted molar refractivity (Wildman–Crippen MR) is 349 cm³/mol. The lowest BCUT2D eigenvalue weighted by Crippen LogP contribution is -2.30. The lowest BCUT2D eigenvalue weighted by atomic mass is 9.99. The molecule has 3 N–H and O–H groups in total. The van der Waals surface area contributed by atoms with Gasteiger partial charge in [0.25, 0.3) is 0 Å². The summed E-state index contributed by atoms with van der Waals surface area (Å²) in [4.78, 5) is 72.4. The first-order valence-corrected chi connectivity index (χ1v) is 38.3. The highest BCUT2D eigenvalue weighted by molar-refractivity contribution is 7.47. The minimum absolute atomic E-state index is 0.103. The topological polar surface area (TPSA) is 237 Å². The Bertz CT molecular complexity index is 1730. The molecule has 5 unspecified atom stereocenters. The molecule has 0 aliphatic carbocycles. The number of carbonyl (C=O) groups is 4. The summed E-state index contributed by atoms with van der Waals surface area (Å²) in [6, 6.07) is 0. The third-order valence-corrected chi connectivity index (χ3v) is 18.2. The summed E-state index contributed by atoms with van der Waals surface area (Å²) in [5, 5.41) is 10.6. The predicted octanol–water partition coefficient (Wildman–Crippen LogP) is 18.9. The number of rotatable bonds is 65. The van der Waals surface area contributed by atoms with Crippen molar-refractivity contribution in [1.29, 1.82) is 0 Å². The summed E-state index contributed by atoms with van der Waals surface area (Å²) in [6.07, 6.45) is 38.9. The zero-order valence-corrected chi connectivity index (χ0v) is 58.4. The van der Waals surface area contributed by atoms with Crippen molar-refractivity contribution >= 4 is 39.5 Å². The van der Waals surface area contributed by atoms with E-state index in [-0.39, 0.29) is 25.7 Å². The molecule has 0 bridgehead atoms. The molecule has 0 aromatic carbocycles. The van der Waals surface area contributed by atoms with E-state index in [2.05, 4.69) is 55.4 Å². The van der Waals surface area contributed by atoms with Gasteiger partial charge >= 0.3 is 39.5 Å². The van der Waals surface area contributed by atoms with Crippen molar-refractivity contribution < 1.29 is 80.2 Å². The third-order valence-electron chi connectivity index (χ3n) is 16.3. The van der Waals surface area contributed by atoms with Gasteiger partial charge in [0.05, 0.1) is 26.4 Å². The van der Waals surface area contributed by atoms with Crippen molar-refractivity contribution in [3.63, 3.8) is 0 Å². The highest BCUT2D eigenvalue weighted by atomic mass is 31.2. The second-order valence-corrected chi connectivity index (χ2v) is 28.9. The first-order chi connectivity index (χ1) is 41.7. The molecule has 0 saturated heterocycles. The van der Waals surface area contributed by atoms with Gasteiger partial charge in [-0.15, -0.1) is 0 Å². The van der Waals surface area contributed by atoms with E-state index in [9.17, 15) is 43.2 Å². The standard InChI is InChI=1S/C68H132O17P2/c1-9-60(7)46-38-30-22-13-11-12-14-24-32-40-48-65(70)78-55-64(85-68(73)51-43-35-27-19-21-29-37-45-59(5)6)57-83-87(76,77)81-53-62(69)52-80-86(74,75)82-56-63(54-79-66(71)49-41-33-25-17-15-20-28-36-44-58(3)4)84-67(72)50-42-34-26-18-16-23-31-39-47-61(8)10-2/h58-64,69H,9-57H2,1-8H3,(H,74,75)(H,76,77)/t60?,61?,62?,63-,64-/m1/s1. The fourth-order valence-electron chi connectivity index (χ4n) is 10.1. The summed E-state index contributed by atoms with van der Waals surface area (Å²) < 4.78 is 68.2. The summed E-state index contributed by atoms with van der Waals surface area (Å²) >= 11 is 0. The third kappa shape index (κ3) is 60.1. The molecule has 0 aliphatic rings. The molecule has 0 rings (SSSR count). The molecular formula is C68H132O17P2. The Kier molecular flexibility index (Phi) is 56.6. The van der Waals surface area contributed by atoms with Crippen LogP contribution in [-0.4, -0.2) is 96.7 Å². The van der Waals surface area contributed by atoms with Gasteiger partial charge < -0.3 is 33.8 Å². The fourth-order valence-corrected chi connectivity index (χ4v) is 11.7. The summed E-state index contributed by atoms with van der Waals surface area (Å²) in [6.45, 7) is 14.1. The van der Waals surface area contributed by atoms with Crippen LogP contribution in [0.2, 0.25) is 0 Å². The Labute approximate surface area is 530 Å². The molecule has 0 spiro atoms. The summed E-state index contributed by atoms with van der Waals surface area (Å²) in [5.74, 6) is 0.866. The van der Waals surface area contributed by atoms with Crippen molar-refractivity contribution in [3.8, 4) is 0 Å². The number of aliphatic hydroxyl groups excluding tert-OH is 1. The maximum absolute atomic E-state index is 13.0. The van der Waals surface area contributed by atoms with Gasteiger partial charge in [-0.2, -0.15) is 0 Å². The maximum Gasteiger partial charge on any atom is 0.472 e. The largest absolute Gasteiger partial charge is 0.472 e. The smallest absolute Gasteiger partial charge is 0.462 e. The van der Waals surface area contributed by atoms with Crippen LogP contribution < -0.4 is 0 Å². The summed E-state index contributed by atoms with van der Waals surface area (Å²) in [5.41, 5.74) is 0. The number of aliphatic hydroxyl groups is 1. The minimum Gasteiger partial charge on any atom is -0.462 e. The fraction of sp³-hybridized carbons (Fsp3) is 0.941. The minimum atomic E-state index is -4.95. The van der Waals surface area contributed by atoms with Crippen LogP contribution in [0.3, 0.4) is 0 Å². The molecule has 0 radical (unpaired) electrons. The average Bonchev–Trinajstić information content (AvgIpc) is 3.70. The zero-order chi connectivity index (χ0) is 64.7. The number of phosphoric acid groups is 2. The molecule has 0 heterocycles. The number of phosphoric ester groups is 2. The Hall–Kier alpha value is -1.94. The van der Waals surface area contributed by atoms with Crippen molar-refractivity contribution in [2.45, 2.75) is 350 Å². The van der Waals surface area contributed by atoms with Crippen molar-refractivity contribution in [3.05, 3.63) is 0 Å². The molecule has 0 aromatic heterocycles. The van der Waals surface area contributed by atoms with Gasteiger partial charge in [-0.1, -0.05) is 280 Å². The molecule has 7 atom stereocenters. The second kappa shape index (κ2) is 57.9. The van der Waals surface area contributed by atoms with Gasteiger partial charge in [0.2, 0.25) is 0 Å². The second-order valence-electron chi connectivity index (χ2n) is 26.0. The van der Waals surface area contributed by atoms with E-state index in [4.69, 9.17) is 37.0 Å². The molecule has 0 fully saturated rings. The van der Waals surface area contributed by atoms with Gasteiger partial charge in [-0.3, -0.25) is 37.3 Å². The highest BCUT2D eigenvalue weighted by Gasteiger charge is 2.30. The molecule has 87 heavy (non-hydrogen) atoms. The zero-order valence-electron chi connectivity index (χ0n) is 56.6. The van der Waals surface area contributed by atoms with Crippen LogP contribution >= 0.6 is 15.6 Å². The number of carbonyl (C=O) groups excluding carboxylic acids is 4. The van der Waals surface area contributed by atoms with Gasteiger partial charge in [-0.05, 0) is 49.4 Å². The Balaban J connectivity index is 5.25. The molecule has 0 aliphatic heterocycles. The van der Waals surface area contributed by atoms with Gasteiger partial charge in [0.15, 0.2) is 12.2 Å². The van der Waals surface area contributed by atoms with E-state index in [1.165, 1.54) is 135 Å². The van der Waals surface area contributed by atoms with Crippen LogP contribution in [0.25, 0.3) is 0 Å². The van der Waals surface area contributed by atoms with Crippen molar-refractivity contribution in [2.24, 2.45) is 23.7 Å². The molecule has 516 valence electrons. The van der Waals surface area contributed by atoms with E-state index >= 15 is 0 Å². The first kappa shape index (κ1) is 85.1. The van der Waals surface area contributed by atoms with E-state index in [1.807, 2.05) is 0 Å². The van der Waals surface area contributed by atoms with E-state index in [0.29, 0.717) is 31.6 Å². The Morgan fingerprint density at radius 3 is 0.816 bits per heavy atom. The van der Waals surface area contributed by atoms with E-state index in [1.54, 1.807) is 0 Å². The molecule has 0 aromatic rings. The van der Waals surface area contributed by atoms with Crippen LogP contribution in [0.15, 0.2) is 0 Å². The van der Waals surface area contributed by atoms with E-state index in [0.717, 1.165) is 108 Å².